The maximum atomic E-state index is 13.7. The summed E-state index contributed by atoms with van der Waals surface area (Å²) in [7, 11) is -3.48. The van der Waals surface area contributed by atoms with Crippen molar-refractivity contribution in [3.05, 3.63) is 52.1 Å². The minimum Gasteiger partial charge on any atom is -0.504 e. The number of benzene rings is 1. The molecule has 0 aliphatic heterocycles. The number of aromatic hydroxyl groups is 1. The van der Waals surface area contributed by atoms with Crippen molar-refractivity contribution in [2.75, 3.05) is 0 Å². The summed E-state index contributed by atoms with van der Waals surface area (Å²) < 4.78 is 127. The van der Waals surface area contributed by atoms with Crippen LogP contribution in [0.3, 0.4) is 0 Å². The predicted molar refractivity (Wildman–Crippen MR) is 82.7 cm³/mol. The fourth-order valence-electron chi connectivity index (χ4n) is 2.67. The van der Waals surface area contributed by atoms with Crippen molar-refractivity contribution in [3.8, 4) is 5.75 Å². The van der Waals surface area contributed by atoms with Gasteiger partial charge in [0, 0.05) is 11.5 Å². The molecular formula is C16H8F8O4S. The Morgan fingerprint density at radius 1 is 1.00 bits per heavy atom. The number of carbonyl (C=O) groups excluding carboxylic acids is 1. The number of hydrogen-bond donors (Lipinski definition) is 1. The van der Waals surface area contributed by atoms with Gasteiger partial charge >= 0.3 is 12.4 Å². The van der Waals surface area contributed by atoms with Gasteiger partial charge in [-0.25, -0.2) is 4.39 Å². The van der Waals surface area contributed by atoms with E-state index in [-0.39, 0.29) is 12.1 Å². The number of allylic oxidation sites excluding steroid dienone is 4. The van der Waals surface area contributed by atoms with Crippen molar-refractivity contribution in [3.63, 3.8) is 0 Å². The van der Waals surface area contributed by atoms with Crippen LogP contribution in [0, 0.1) is 17.6 Å². The Labute approximate surface area is 158 Å². The number of alkyl halides is 6. The molecule has 1 atom stereocenters. The molecule has 1 aliphatic carbocycles. The minimum absolute atomic E-state index is 0.208. The smallest absolute Gasteiger partial charge is 0.419 e. The third-order valence-electron chi connectivity index (χ3n) is 4.03. The Morgan fingerprint density at radius 2 is 1.55 bits per heavy atom. The Bertz CT molecular complexity index is 1080. The largest absolute Gasteiger partial charge is 0.504 e. The molecule has 1 aromatic carbocycles. The topological polar surface area (TPSA) is 71.4 Å². The molecule has 1 aliphatic rings. The van der Waals surface area contributed by atoms with Crippen LogP contribution in [-0.4, -0.2) is 30.3 Å². The van der Waals surface area contributed by atoms with Gasteiger partial charge in [0.1, 0.15) is 0 Å². The van der Waals surface area contributed by atoms with E-state index in [1.54, 1.807) is 0 Å². The first kappa shape index (κ1) is 22.6. The van der Waals surface area contributed by atoms with E-state index in [4.69, 9.17) is 0 Å². The number of Topliss-reactive ketones (excluding diaryl/α,β-unsaturated/α-hetero) is 1. The molecule has 0 saturated heterocycles. The number of phenolic OH excluding ortho intramolecular Hbond substituents is 1. The first-order chi connectivity index (χ1) is 13.1. The van der Waals surface area contributed by atoms with Gasteiger partial charge in [0.05, 0.1) is 21.6 Å². The number of ketones is 1. The molecule has 1 unspecified atom stereocenters. The fourth-order valence-corrected chi connectivity index (χ4v) is 3.45. The van der Waals surface area contributed by atoms with E-state index in [1.807, 2.05) is 0 Å². The molecule has 158 valence electrons. The third kappa shape index (κ3) is 4.04. The number of carbonyl (C=O) groups is 1. The van der Waals surface area contributed by atoms with Crippen LogP contribution in [0.15, 0.2) is 29.4 Å². The van der Waals surface area contributed by atoms with E-state index in [0.717, 1.165) is 6.92 Å². The number of halogens is 8. The van der Waals surface area contributed by atoms with Crippen molar-refractivity contribution in [2.24, 2.45) is 5.92 Å². The number of rotatable bonds is 2. The molecule has 2 rings (SSSR count). The maximum absolute atomic E-state index is 13.7. The van der Waals surface area contributed by atoms with Gasteiger partial charge in [-0.15, -0.1) is 0 Å². The Kier molecular flexibility index (Phi) is 5.67. The Balaban J connectivity index is 2.73. The zero-order valence-electron chi connectivity index (χ0n) is 13.9. The van der Waals surface area contributed by atoms with E-state index in [9.17, 15) is 53.4 Å². The van der Waals surface area contributed by atoms with Crippen LogP contribution in [0.25, 0.3) is 0 Å². The molecule has 1 N–H and O–H groups in total. The van der Waals surface area contributed by atoms with Crippen molar-refractivity contribution in [1.29, 1.82) is 0 Å². The quantitative estimate of drug-likeness (QED) is 0.422. The average Bonchev–Trinajstić information content (AvgIpc) is 2.56. The summed E-state index contributed by atoms with van der Waals surface area (Å²) in [6.45, 7) is 0.842. The van der Waals surface area contributed by atoms with Crippen LogP contribution in [0.4, 0.5) is 35.1 Å². The van der Waals surface area contributed by atoms with Crippen molar-refractivity contribution in [2.45, 2.75) is 19.3 Å². The van der Waals surface area contributed by atoms with Crippen LogP contribution in [0.2, 0.25) is 0 Å². The zero-order valence-corrected chi connectivity index (χ0v) is 14.7. The number of phenols is 1. The SMILES string of the molecule is CC1C(C(=O)c2cc(C(F)(F)F)c(F)c(F)c2O)=CC=C(C(F)(F)F)C1=S(=O)=O. The number of hydrogen-bond acceptors (Lipinski definition) is 4. The van der Waals surface area contributed by atoms with Crippen LogP contribution in [0.1, 0.15) is 22.8 Å². The second kappa shape index (κ2) is 7.28. The molecule has 1 aromatic rings. The molecule has 0 heterocycles. The van der Waals surface area contributed by atoms with Gasteiger partial charge in [-0.05, 0) is 12.1 Å². The van der Waals surface area contributed by atoms with Gasteiger partial charge in [0.15, 0.2) is 17.3 Å². The molecule has 0 spiro atoms. The molecular weight excluding hydrogens is 440 g/mol. The van der Waals surface area contributed by atoms with E-state index >= 15 is 0 Å². The molecule has 0 amide bonds. The molecule has 0 radical (unpaired) electrons. The van der Waals surface area contributed by atoms with E-state index < -0.39 is 78.9 Å². The van der Waals surface area contributed by atoms with Gasteiger partial charge in [0.25, 0.3) is 0 Å². The molecule has 0 bridgehead atoms. The minimum atomic E-state index is -5.46. The van der Waals surface area contributed by atoms with Crippen molar-refractivity contribution in [1.82, 2.24) is 0 Å². The van der Waals surface area contributed by atoms with Gasteiger partial charge in [0.2, 0.25) is 16.1 Å². The molecule has 0 fully saturated rings. The molecule has 0 saturated carbocycles. The summed E-state index contributed by atoms with van der Waals surface area (Å²) in [4.78, 5) is 11.2. The highest BCUT2D eigenvalue weighted by atomic mass is 32.2. The van der Waals surface area contributed by atoms with E-state index in [0.29, 0.717) is 6.08 Å². The maximum Gasteiger partial charge on any atom is 0.419 e. The van der Waals surface area contributed by atoms with Gasteiger partial charge in [-0.1, -0.05) is 13.0 Å². The van der Waals surface area contributed by atoms with Crippen LogP contribution >= 0.6 is 0 Å². The first-order valence-corrected chi connectivity index (χ1v) is 8.44. The standard InChI is InChI=1S/C16H8F8O4S/c1-5-6(2-3-8(15(19,20)21)14(5)29(27)28)12(25)7-4-9(16(22,23)24)10(17)11(18)13(7)26/h2-5,26H,1H3. The zero-order chi connectivity index (χ0) is 22.5. The molecule has 4 nitrogen and oxygen atoms in total. The lowest BCUT2D eigenvalue weighted by molar-refractivity contribution is -0.140. The molecule has 29 heavy (non-hydrogen) atoms. The summed E-state index contributed by atoms with van der Waals surface area (Å²) in [6.07, 6.45) is -9.89. The highest BCUT2D eigenvalue weighted by molar-refractivity contribution is 7.73. The van der Waals surface area contributed by atoms with Gasteiger partial charge in [-0.3, -0.25) is 4.79 Å². The molecule has 13 heteroatoms. The summed E-state index contributed by atoms with van der Waals surface area (Å²) in [5, 5.41) is 9.56. The van der Waals surface area contributed by atoms with Gasteiger partial charge in [-0.2, -0.15) is 39.2 Å². The van der Waals surface area contributed by atoms with Crippen molar-refractivity contribution < 1.29 is 53.4 Å². The monoisotopic (exact) mass is 448 g/mol. The third-order valence-corrected chi connectivity index (χ3v) is 4.97. The van der Waals surface area contributed by atoms with Crippen LogP contribution < -0.4 is 0 Å². The second-order valence-electron chi connectivity index (χ2n) is 5.80. The average molecular weight is 448 g/mol. The summed E-state index contributed by atoms with van der Waals surface area (Å²) in [5.41, 5.74) is -6.02. The van der Waals surface area contributed by atoms with Crippen molar-refractivity contribution >= 4 is 20.9 Å². The lowest BCUT2D eigenvalue weighted by atomic mass is 9.83. The van der Waals surface area contributed by atoms with E-state index in [2.05, 4.69) is 0 Å². The summed E-state index contributed by atoms with van der Waals surface area (Å²) in [6, 6.07) is -0.208. The predicted octanol–water partition coefficient (Wildman–Crippen LogP) is 3.99. The lowest BCUT2D eigenvalue weighted by Gasteiger charge is -2.23. The van der Waals surface area contributed by atoms with E-state index in [1.165, 1.54) is 0 Å². The van der Waals surface area contributed by atoms with Crippen LogP contribution in [-0.2, 0) is 16.5 Å². The highest BCUT2D eigenvalue weighted by Gasteiger charge is 2.43. The Morgan fingerprint density at radius 3 is 2.00 bits per heavy atom. The summed E-state index contributed by atoms with van der Waals surface area (Å²) in [5.74, 6) is -10.1. The Hall–Kier alpha value is -2.70. The first-order valence-electron chi connectivity index (χ1n) is 7.37. The molecule has 0 aromatic heterocycles. The van der Waals surface area contributed by atoms with Crippen LogP contribution in [0.5, 0.6) is 5.75 Å². The highest BCUT2D eigenvalue weighted by Crippen LogP contribution is 2.39. The lowest BCUT2D eigenvalue weighted by Crippen LogP contribution is -2.31. The second-order valence-corrected chi connectivity index (χ2v) is 6.71. The summed E-state index contributed by atoms with van der Waals surface area (Å²) >= 11 is 0. The fraction of sp³-hybridized carbons (Fsp3) is 0.250. The normalized spacial score (nSPS) is 17.7. The van der Waals surface area contributed by atoms with Gasteiger partial charge < -0.3 is 5.11 Å².